The average molecular weight is 509 g/mol. The van der Waals surface area contributed by atoms with Crippen molar-refractivity contribution >= 4 is 29.3 Å². The van der Waals surface area contributed by atoms with Gasteiger partial charge in [-0.1, -0.05) is 17.7 Å². The summed E-state index contributed by atoms with van der Waals surface area (Å²) in [6.07, 6.45) is 3.80. The molecule has 9 nitrogen and oxygen atoms in total. The first kappa shape index (κ1) is 24.0. The van der Waals surface area contributed by atoms with E-state index in [0.717, 1.165) is 0 Å². The number of hydrogen-bond donors (Lipinski definition) is 1. The predicted molar refractivity (Wildman–Crippen MR) is 130 cm³/mol. The number of halogens is 1. The third-order valence-corrected chi connectivity index (χ3v) is 6.86. The van der Waals surface area contributed by atoms with Gasteiger partial charge < -0.3 is 19.4 Å². The van der Waals surface area contributed by atoms with Gasteiger partial charge in [0.15, 0.2) is 5.76 Å². The molecule has 2 saturated heterocycles. The number of rotatable bonds is 5. The third kappa shape index (κ3) is 4.72. The minimum atomic E-state index is -1.02. The van der Waals surface area contributed by atoms with Crippen LogP contribution in [0.15, 0.2) is 71.5 Å². The van der Waals surface area contributed by atoms with E-state index >= 15 is 0 Å². The Kier molecular flexibility index (Phi) is 6.75. The lowest BCUT2D eigenvalue weighted by atomic mass is 9.96. The highest BCUT2D eigenvalue weighted by atomic mass is 35.5. The third-order valence-electron chi connectivity index (χ3n) is 6.61. The molecule has 0 aliphatic carbocycles. The lowest BCUT2D eigenvalue weighted by Gasteiger charge is -2.44. The van der Waals surface area contributed by atoms with E-state index in [9.17, 15) is 14.4 Å². The van der Waals surface area contributed by atoms with E-state index in [1.54, 1.807) is 53.6 Å². The molecule has 2 fully saturated rings. The number of amides is 3. The Balaban J connectivity index is 1.33. The largest absolute Gasteiger partial charge is 0.459 e. The first-order valence-corrected chi connectivity index (χ1v) is 12.1. The van der Waals surface area contributed by atoms with E-state index in [-0.39, 0.29) is 30.7 Å². The number of nitrogens with one attached hydrogen (secondary N) is 1. The molecule has 0 saturated carbocycles. The zero-order valence-electron chi connectivity index (χ0n) is 19.4. The summed E-state index contributed by atoms with van der Waals surface area (Å²) in [5.74, 6) is -0.750. The Hall–Kier alpha value is -3.69. The van der Waals surface area contributed by atoms with Crippen molar-refractivity contribution in [3.8, 4) is 0 Å². The quantitative estimate of drug-likeness (QED) is 0.568. The lowest BCUT2D eigenvalue weighted by Crippen LogP contribution is -2.59. The summed E-state index contributed by atoms with van der Waals surface area (Å²) in [7, 11) is 0. The minimum Gasteiger partial charge on any atom is -0.459 e. The van der Waals surface area contributed by atoms with E-state index in [1.165, 1.54) is 11.2 Å². The Bertz CT molecular complexity index is 1220. The molecule has 0 radical (unpaired) electrons. The standard InChI is InChI=1S/C26H25ClN4O5/c27-19-8-6-18(7-9-19)24(33)30-13-10-26(11-14-30)31(25(34)22-5-3-15-35-22)21(17-36-26)23(32)29-16-20-4-1-2-12-28-20/h1-9,12,15,21H,10-11,13-14,16-17H2,(H,29,32). The van der Waals surface area contributed by atoms with Crippen LogP contribution in [0.3, 0.4) is 0 Å². The number of benzene rings is 1. The zero-order valence-corrected chi connectivity index (χ0v) is 20.2. The van der Waals surface area contributed by atoms with Gasteiger partial charge in [0.25, 0.3) is 11.8 Å². The predicted octanol–water partition coefficient (Wildman–Crippen LogP) is 3.12. The Morgan fingerprint density at radius 2 is 1.81 bits per heavy atom. The molecule has 3 aromatic rings. The topological polar surface area (TPSA) is 105 Å². The molecule has 4 heterocycles. The summed E-state index contributed by atoms with van der Waals surface area (Å²) in [6, 6.07) is 14.5. The number of piperidine rings is 1. The fourth-order valence-electron chi connectivity index (χ4n) is 4.72. The number of aromatic nitrogens is 1. The first-order chi connectivity index (χ1) is 17.5. The summed E-state index contributed by atoms with van der Waals surface area (Å²) in [5, 5.41) is 3.42. The average Bonchev–Trinajstić information content (AvgIpc) is 3.57. The molecule has 10 heteroatoms. The summed E-state index contributed by atoms with van der Waals surface area (Å²) >= 11 is 5.95. The summed E-state index contributed by atoms with van der Waals surface area (Å²) in [6.45, 7) is 1.01. The molecule has 5 rings (SSSR count). The van der Waals surface area contributed by atoms with Crippen LogP contribution in [0.5, 0.6) is 0 Å². The van der Waals surface area contributed by atoms with Crippen LogP contribution in [0.1, 0.15) is 39.4 Å². The molecule has 1 spiro atoms. The van der Waals surface area contributed by atoms with E-state index < -0.39 is 17.7 Å². The molecule has 1 atom stereocenters. The number of ether oxygens (including phenoxy) is 1. The second-order valence-corrected chi connectivity index (χ2v) is 9.20. The highest BCUT2D eigenvalue weighted by molar-refractivity contribution is 6.30. The van der Waals surface area contributed by atoms with E-state index in [0.29, 0.717) is 42.2 Å². The summed E-state index contributed by atoms with van der Waals surface area (Å²) in [4.78, 5) is 47.1. The summed E-state index contributed by atoms with van der Waals surface area (Å²) < 4.78 is 11.5. The first-order valence-electron chi connectivity index (χ1n) is 11.7. The number of hydrogen-bond acceptors (Lipinski definition) is 6. The van der Waals surface area contributed by atoms with Gasteiger partial charge in [0.05, 0.1) is 25.1 Å². The molecule has 3 amide bonds. The fourth-order valence-corrected chi connectivity index (χ4v) is 4.84. The molecule has 1 aromatic carbocycles. The fraction of sp³-hybridized carbons (Fsp3) is 0.308. The van der Waals surface area contributed by atoms with Crippen LogP contribution in [0, 0.1) is 0 Å². The van der Waals surface area contributed by atoms with Gasteiger partial charge in [0, 0.05) is 42.7 Å². The highest BCUT2D eigenvalue weighted by Gasteiger charge is 2.54. The van der Waals surface area contributed by atoms with Crippen LogP contribution in [0.25, 0.3) is 0 Å². The minimum absolute atomic E-state index is 0.0473. The van der Waals surface area contributed by atoms with Gasteiger partial charge in [0.1, 0.15) is 11.8 Å². The number of likely N-dealkylation sites (tertiary alicyclic amines) is 1. The maximum absolute atomic E-state index is 13.5. The van der Waals surface area contributed by atoms with Crippen molar-refractivity contribution < 1.29 is 23.5 Å². The van der Waals surface area contributed by atoms with Gasteiger partial charge in [-0.3, -0.25) is 24.3 Å². The number of carbonyl (C=O) groups excluding carboxylic acids is 3. The second-order valence-electron chi connectivity index (χ2n) is 8.76. The number of furan rings is 1. The van der Waals surface area contributed by atoms with Crippen LogP contribution in [0.4, 0.5) is 0 Å². The molecule has 186 valence electrons. The smallest absolute Gasteiger partial charge is 0.292 e. The van der Waals surface area contributed by atoms with E-state index in [4.69, 9.17) is 20.8 Å². The van der Waals surface area contributed by atoms with Crippen molar-refractivity contribution in [2.24, 2.45) is 0 Å². The van der Waals surface area contributed by atoms with Crippen LogP contribution >= 0.6 is 11.6 Å². The van der Waals surface area contributed by atoms with Crippen LogP contribution in [-0.2, 0) is 16.1 Å². The van der Waals surface area contributed by atoms with Gasteiger partial charge in [-0.2, -0.15) is 0 Å². The lowest BCUT2D eigenvalue weighted by molar-refractivity contribution is -0.128. The number of carbonyl (C=O) groups is 3. The van der Waals surface area contributed by atoms with Crippen LogP contribution < -0.4 is 5.32 Å². The molecule has 2 aliphatic heterocycles. The van der Waals surface area contributed by atoms with Gasteiger partial charge in [-0.25, -0.2) is 0 Å². The maximum Gasteiger partial charge on any atom is 0.292 e. The Morgan fingerprint density at radius 3 is 2.47 bits per heavy atom. The van der Waals surface area contributed by atoms with Crippen molar-refractivity contribution in [3.05, 3.63) is 89.1 Å². The molecule has 1 N–H and O–H groups in total. The molecule has 2 aromatic heterocycles. The van der Waals surface area contributed by atoms with E-state index in [2.05, 4.69) is 10.3 Å². The van der Waals surface area contributed by atoms with E-state index in [1.807, 2.05) is 12.1 Å². The highest BCUT2D eigenvalue weighted by Crippen LogP contribution is 2.39. The monoisotopic (exact) mass is 508 g/mol. The molecule has 2 aliphatic rings. The van der Waals surface area contributed by atoms with Gasteiger partial charge in [0.2, 0.25) is 5.91 Å². The normalized spacial score (nSPS) is 18.9. The molecule has 36 heavy (non-hydrogen) atoms. The van der Waals surface area contributed by atoms with Crippen molar-refractivity contribution in [3.63, 3.8) is 0 Å². The Morgan fingerprint density at radius 1 is 1.03 bits per heavy atom. The second kappa shape index (κ2) is 10.1. The number of pyridine rings is 1. The zero-order chi connectivity index (χ0) is 25.1. The van der Waals surface area contributed by atoms with Gasteiger partial charge in [-0.15, -0.1) is 0 Å². The summed E-state index contributed by atoms with van der Waals surface area (Å²) in [5.41, 5.74) is 0.226. The van der Waals surface area contributed by atoms with Crippen molar-refractivity contribution in [1.29, 1.82) is 0 Å². The van der Waals surface area contributed by atoms with Gasteiger partial charge >= 0.3 is 0 Å². The SMILES string of the molecule is O=C(NCc1ccccn1)C1COC2(CCN(C(=O)c3ccc(Cl)cc3)CC2)N1C(=O)c1ccco1. The van der Waals surface area contributed by atoms with Crippen LogP contribution in [0.2, 0.25) is 5.02 Å². The van der Waals surface area contributed by atoms with Crippen molar-refractivity contribution in [2.45, 2.75) is 31.2 Å². The van der Waals surface area contributed by atoms with Gasteiger partial charge in [-0.05, 0) is 48.5 Å². The van der Waals surface area contributed by atoms with Crippen molar-refractivity contribution in [2.75, 3.05) is 19.7 Å². The molecular weight excluding hydrogens is 484 g/mol. The maximum atomic E-state index is 13.5. The number of nitrogens with zero attached hydrogens (tertiary/aromatic N) is 3. The molecular formula is C26H25ClN4O5. The van der Waals surface area contributed by atoms with Crippen molar-refractivity contribution in [1.82, 2.24) is 20.1 Å². The molecule has 1 unspecified atom stereocenters. The van der Waals surface area contributed by atoms with Crippen LogP contribution in [-0.4, -0.2) is 64.0 Å². The Labute approximate surface area is 213 Å². The molecule has 0 bridgehead atoms.